The van der Waals surface area contributed by atoms with Crippen LogP contribution in [-0.2, 0) is 16.1 Å². The predicted octanol–water partition coefficient (Wildman–Crippen LogP) is 1.68. The van der Waals surface area contributed by atoms with E-state index in [4.69, 9.17) is 5.73 Å². The second-order valence-electron chi connectivity index (χ2n) is 8.59. The Morgan fingerprint density at radius 1 is 1.25 bits per heavy atom. The molecular weight excluding hydrogens is 378 g/mol. The summed E-state index contributed by atoms with van der Waals surface area (Å²) in [6, 6.07) is -0.316. The second kappa shape index (κ2) is 8.33. The van der Waals surface area contributed by atoms with Crippen molar-refractivity contribution in [1.29, 1.82) is 0 Å². The topological polar surface area (TPSA) is 92.4 Å². The normalized spacial score (nSPS) is 22.7. The lowest BCUT2D eigenvalue weighted by Crippen LogP contribution is -2.54. The number of amides is 2. The monoisotopic (exact) mass is 407 g/mol. The van der Waals surface area contributed by atoms with Crippen LogP contribution < -0.4 is 5.73 Å². The van der Waals surface area contributed by atoms with E-state index in [1.54, 1.807) is 12.4 Å². The van der Waals surface area contributed by atoms with Gasteiger partial charge in [-0.05, 0) is 50.4 Å². The summed E-state index contributed by atoms with van der Waals surface area (Å²) in [6.07, 6.45) is 9.05. The van der Waals surface area contributed by atoms with E-state index in [0.717, 1.165) is 63.1 Å². The van der Waals surface area contributed by atoms with Gasteiger partial charge in [0.1, 0.15) is 0 Å². The van der Waals surface area contributed by atoms with Gasteiger partial charge in [0, 0.05) is 32.3 Å². The molecule has 0 unspecified atom stereocenters. The van der Waals surface area contributed by atoms with Crippen molar-refractivity contribution in [2.45, 2.75) is 58.0 Å². The van der Waals surface area contributed by atoms with Gasteiger partial charge < -0.3 is 15.5 Å². The van der Waals surface area contributed by atoms with Crippen LogP contribution in [0.2, 0.25) is 0 Å². The Bertz CT molecular complexity index is 714. The minimum atomic E-state index is -0.316. The average molecular weight is 408 g/mol. The highest BCUT2D eigenvalue weighted by Gasteiger charge is 2.43. The molecule has 2 N–H and O–H groups in total. The zero-order valence-electron chi connectivity index (χ0n) is 16.5. The first-order valence-electron chi connectivity index (χ1n) is 10.1. The van der Waals surface area contributed by atoms with Crippen LogP contribution in [0.5, 0.6) is 0 Å². The van der Waals surface area contributed by atoms with Gasteiger partial charge in [-0.3, -0.25) is 19.6 Å². The fraction of sp³-hybridized carbons (Fsp3) is 0.700. The SMILES string of the molecule is Cc1cnc(CN2CC3(CCC2=O)CCN(C(=O)[C@@H](N)C2CC2)CC3)cn1.Cl. The number of aromatic nitrogens is 2. The predicted molar refractivity (Wildman–Crippen MR) is 108 cm³/mol. The molecular formula is C20H30ClN5O2. The highest BCUT2D eigenvalue weighted by Crippen LogP contribution is 2.41. The number of piperidine rings is 2. The number of nitrogens with zero attached hydrogens (tertiary/aromatic N) is 4. The minimum Gasteiger partial charge on any atom is -0.341 e. The fourth-order valence-corrected chi connectivity index (χ4v) is 4.42. The summed E-state index contributed by atoms with van der Waals surface area (Å²) in [6.45, 7) is 4.68. The molecule has 1 aromatic heterocycles. The van der Waals surface area contributed by atoms with E-state index in [1.165, 1.54) is 0 Å². The standard InChI is InChI=1S/C20H29N5O2.ClH/c1-14-10-23-16(11-22-14)12-25-13-20(5-4-17(25)26)6-8-24(9-7-20)19(27)18(21)15-2-3-15;/h10-11,15,18H,2-9,12-13,21H2,1H3;1H/t18-;/m0./s1. The van der Waals surface area contributed by atoms with Gasteiger partial charge in [-0.2, -0.15) is 0 Å². The van der Waals surface area contributed by atoms with Gasteiger partial charge in [0.05, 0.1) is 30.2 Å². The van der Waals surface area contributed by atoms with Crippen molar-refractivity contribution in [2.75, 3.05) is 19.6 Å². The molecule has 2 aliphatic heterocycles. The molecule has 3 heterocycles. The van der Waals surface area contributed by atoms with Crippen LogP contribution >= 0.6 is 12.4 Å². The third kappa shape index (κ3) is 4.46. The summed E-state index contributed by atoms with van der Waals surface area (Å²) in [5.41, 5.74) is 7.92. The van der Waals surface area contributed by atoms with Crippen molar-refractivity contribution in [1.82, 2.24) is 19.8 Å². The molecule has 28 heavy (non-hydrogen) atoms. The van der Waals surface area contributed by atoms with Crippen molar-refractivity contribution in [2.24, 2.45) is 17.1 Å². The highest BCUT2D eigenvalue weighted by molar-refractivity contribution is 5.85. The van der Waals surface area contributed by atoms with Crippen molar-refractivity contribution in [3.8, 4) is 0 Å². The van der Waals surface area contributed by atoms with Gasteiger partial charge in [-0.1, -0.05) is 0 Å². The fourth-order valence-electron chi connectivity index (χ4n) is 4.42. The summed E-state index contributed by atoms with van der Waals surface area (Å²) < 4.78 is 0. The molecule has 1 saturated carbocycles. The van der Waals surface area contributed by atoms with Crippen LogP contribution in [0.25, 0.3) is 0 Å². The van der Waals surface area contributed by atoms with E-state index in [-0.39, 0.29) is 35.7 Å². The van der Waals surface area contributed by atoms with Gasteiger partial charge in [0.15, 0.2) is 0 Å². The van der Waals surface area contributed by atoms with E-state index >= 15 is 0 Å². The Morgan fingerprint density at radius 2 is 1.96 bits per heavy atom. The molecule has 0 radical (unpaired) electrons. The molecule has 2 saturated heterocycles. The third-order valence-corrected chi connectivity index (χ3v) is 6.49. The van der Waals surface area contributed by atoms with Gasteiger partial charge in [0.2, 0.25) is 11.8 Å². The Labute approximate surface area is 172 Å². The second-order valence-corrected chi connectivity index (χ2v) is 8.59. The maximum atomic E-state index is 12.6. The summed E-state index contributed by atoms with van der Waals surface area (Å²) in [4.78, 5) is 37.5. The van der Waals surface area contributed by atoms with Crippen molar-refractivity contribution in [3.05, 3.63) is 23.8 Å². The van der Waals surface area contributed by atoms with Crippen LogP contribution in [-0.4, -0.2) is 57.3 Å². The molecule has 4 rings (SSSR count). The molecule has 3 fully saturated rings. The smallest absolute Gasteiger partial charge is 0.239 e. The van der Waals surface area contributed by atoms with E-state index in [0.29, 0.717) is 18.9 Å². The number of aryl methyl sites for hydroxylation is 1. The van der Waals surface area contributed by atoms with E-state index < -0.39 is 0 Å². The number of carbonyl (C=O) groups is 2. The molecule has 0 aromatic carbocycles. The molecule has 0 bridgehead atoms. The number of hydrogen-bond donors (Lipinski definition) is 1. The van der Waals surface area contributed by atoms with Crippen molar-refractivity contribution >= 4 is 24.2 Å². The summed E-state index contributed by atoms with van der Waals surface area (Å²) in [7, 11) is 0. The first-order valence-corrected chi connectivity index (χ1v) is 10.1. The van der Waals surface area contributed by atoms with Gasteiger partial charge in [-0.15, -0.1) is 12.4 Å². The lowest BCUT2D eigenvalue weighted by Gasteiger charge is -2.47. The number of hydrogen-bond acceptors (Lipinski definition) is 5. The van der Waals surface area contributed by atoms with E-state index in [2.05, 4.69) is 9.97 Å². The lowest BCUT2D eigenvalue weighted by atomic mass is 9.72. The Kier molecular flexibility index (Phi) is 6.25. The van der Waals surface area contributed by atoms with Crippen molar-refractivity contribution < 1.29 is 9.59 Å². The molecule has 7 nitrogen and oxygen atoms in total. The van der Waals surface area contributed by atoms with Crippen LogP contribution in [0.15, 0.2) is 12.4 Å². The molecule has 8 heteroatoms. The van der Waals surface area contributed by atoms with E-state index in [1.807, 2.05) is 16.7 Å². The number of halogens is 1. The molecule has 1 aliphatic carbocycles. The third-order valence-electron chi connectivity index (χ3n) is 6.49. The quantitative estimate of drug-likeness (QED) is 0.819. The zero-order valence-corrected chi connectivity index (χ0v) is 17.3. The van der Waals surface area contributed by atoms with Gasteiger partial charge in [0.25, 0.3) is 0 Å². The average Bonchev–Trinajstić information content (AvgIpc) is 3.51. The van der Waals surface area contributed by atoms with Gasteiger partial charge in [-0.25, -0.2) is 0 Å². The maximum Gasteiger partial charge on any atom is 0.239 e. The molecule has 1 aromatic rings. The number of nitrogens with two attached hydrogens (primary N) is 1. The molecule has 1 atom stereocenters. The van der Waals surface area contributed by atoms with Crippen LogP contribution in [0.1, 0.15) is 49.9 Å². The minimum absolute atomic E-state index is 0. The highest BCUT2D eigenvalue weighted by atomic mass is 35.5. The lowest BCUT2D eigenvalue weighted by molar-refractivity contribution is -0.143. The summed E-state index contributed by atoms with van der Waals surface area (Å²) in [5.74, 6) is 0.704. The zero-order chi connectivity index (χ0) is 19.0. The molecule has 1 spiro atoms. The largest absolute Gasteiger partial charge is 0.341 e. The first kappa shape index (κ1) is 21.0. The number of rotatable bonds is 4. The van der Waals surface area contributed by atoms with Crippen LogP contribution in [0, 0.1) is 18.3 Å². The van der Waals surface area contributed by atoms with Crippen LogP contribution in [0.4, 0.5) is 0 Å². The number of carbonyl (C=O) groups excluding carboxylic acids is 2. The molecule has 2 amide bonds. The summed E-state index contributed by atoms with van der Waals surface area (Å²) in [5, 5.41) is 0. The maximum absolute atomic E-state index is 12.6. The summed E-state index contributed by atoms with van der Waals surface area (Å²) >= 11 is 0. The van der Waals surface area contributed by atoms with Crippen molar-refractivity contribution in [3.63, 3.8) is 0 Å². The Morgan fingerprint density at radius 3 is 2.57 bits per heavy atom. The Hall–Kier alpha value is -1.73. The number of likely N-dealkylation sites (tertiary alicyclic amines) is 2. The molecule has 154 valence electrons. The first-order chi connectivity index (χ1) is 13.0. The molecule has 3 aliphatic rings. The van der Waals surface area contributed by atoms with E-state index in [9.17, 15) is 9.59 Å². The Balaban J connectivity index is 0.00000225. The van der Waals surface area contributed by atoms with Gasteiger partial charge >= 0.3 is 0 Å². The van der Waals surface area contributed by atoms with Crippen LogP contribution in [0.3, 0.4) is 0 Å².